The van der Waals surface area contributed by atoms with E-state index in [-0.39, 0.29) is 38.6 Å². The summed E-state index contributed by atoms with van der Waals surface area (Å²) in [6.07, 6.45) is 61.8. The number of quaternary nitrogens is 1. The van der Waals surface area contributed by atoms with E-state index in [1.165, 1.54) is 83.5 Å². The van der Waals surface area contributed by atoms with Crippen LogP contribution in [0.3, 0.4) is 0 Å². The summed E-state index contributed by atoms with van der Waals surface area (Å²) in [5, 5.41) is 11.8. The number of nitrogens with zero attached hydrogens (tertiary/aromatic N) is 1. The number of allylic oxidation sites excluding steroid dienone is 14. The van der Waals surface area contributed by atoms with Gasteiger partial charge >= 0.3 is 11.9 Å². The van der Waals surface area contributed by atoms with Crippen molar-refractivity contribution in [2.75, 3.05) is 47.5 Å². The van der Waals surface area contributed by atoms with E-state index in [9.17, 15) is 19.5 Å². The van der Waals surface area contributed by atoms with Gasteiger partial charge in [-0.15, -0.1) is 0 Å². The van der Waals surface area contributed by atoms with Gasteiger partial charge in [-0.2, -0.15) is 0 Å². The molecule has 390 valence electrons. The van der Waals surface area contributed by atoms with E-state index in [2.05, 4.69) is 98.9 Å². The van der Waals surface area contributed by atoms with Gasteiger partial charge in [0.25, 0.3) is 0 Å². The molecule has 0 aromatic carbocycles. The van der Waals surface area contributed by atoms with Crippen molar-refractivity contribution in [2.45, 2.75) is 225 Å². The molecule has 0 fully saturated rings. The van der Waals surface area contributed by atoms with Crippen LogP contribution in [0.1, 0.15) is 213 Å². The van der Waals surface area contributed by atoms with Gasteiger partial charge in [0.05, 0.1) is 40.3 Å². The van der Waals surface area contributed by atoms with Gasteiger partial charge in [-0.3, -0.25) is 9.59 Å². The van der Waals surface area contributed by atoms with Gasteiger partial charge in [-0.1, -0.05) is 195 Å². The molecule has 9 heteroatoms. The second-order valence-corrected chi connectivity index (χ2v) is 19.1. The molecule has 0 aromatic heterocycles. The molecule has 0 spiro atoms. The molecule has 0 aliphatic carbocycles. The lowest BCUT2D eigenvalue weighted by Crippen LogP contribution is -2.44. The molecule has 2 atom stereocenters. The van der Waals surface area contributed by atoms with Crippen LogP contribution in [-0.2, 0) is 33.3 Å². The number of carbonyl (C=O) groups excluding carboxylic acids is 3. The molecular formula is C59H101NO8. The predicted molar refractivity (Wildman–Crippen MR) is 283 cm³/mol. The molecule has 0 saturated heterocycles. The number of hydrogen-bond donors (Lipinski definition) is 0. The second-order valence-electron chi connectivity index (χ2n) is 19.1. The Balaban J connectivity index is 4.33. The Kier molecular flexibility index (Phi) is 47.3. The Morgan fingerprint density at radius 2 is 0.838 bits per heavy atom. The molecule has 0 rings (SSSR count). The average molecular weight is 952 g/mol. The van der Waals surface area contributed by atoms with Crippen LogP contribution in [-0.4, -0.2) is 82.3 Å². The number of unbranched alkanes of at least 4 members (excludes halogenated alkanes) is 20. The number of likely N-dealkylation sites (N-methyl/N-ethyl adjacent to an activating group) is 1. The molecule has 0 saturated carbocycles. The fourth-order valence-corrected chi connectivity index (χ4v) is 7.18. The summed E-state index contributed by atoms with van der Waals surface area (Å²) in [5.74, 6) is -2.31. The van der Waals surface area contributed by atoms with Gasteiger partial charge in [0.1, 0.15) is 13.2 Å². The summed E-state index contributed by atoms with van der Waals surface area (Å²) >= 11 is 0. The minimum Gasteiger partial charge on any atom is -0.545 e. The molecule has 0 aliphatic rings. The summed E-state index contributed by atoms with van der Waals surface area (Å²) in [7, 11) is 5.91. The standard InChI is InChI=1S/C59H101NO8/c1-6-8-10-12-14-16-18-20-22-24-26-27-28-29-30-31-32-34-36-38-40-42-44-46-48-50-57(62)68-55(54-67-59(58(63)64)65-52-51-60(3,4)5)53-66-56(61)49-47-45-43-41-39-37-35-33-25-23-21-19-17-15-13-11-9-7-2/h8,10,14,16-17,19-20,22-23,25-27,29-30,55,59H,6-7,9,11-13,15,18,21,24,28,31-54H2,1-5H3/b10-8-,16-14-,19-17-,22-20-,25-23-,27-26-,30-29-. The van der Waals surface area contributed by atoms with Crippen LogP contribution in [0.5, 0.6) is 0 Å². The van der Waals surface area contributed by atoms with E-state index in [0.29, 0.717) is 17.4 Å². The third kappa shape index (κ3) is 50.3. The summed E-state index contributed by atoms with van der Waals surface area (Å²) in [6.45, 7) is 4.60. The Morgan fingerprint density at radius 1 is 0.456 bits per heavy atom. The summed E-state index contributed by atoms with van der Waals surface area (Å²) < 4.78 is 22.7. The van der Waals surface area contributed by atoms with Gasteiger partial charge in [0.15, 0.2) is 12.4 Å². The third-order valence-corrected chi connectivity index (χ3v) is 11.4. The minimum absolute atomic E-state index is 0.141. The van der Waals surface area contributed by atoms with E-state index in [0.717, 1.165) is 96.3 Å². The first-order valence-electron chi connectivity index (χ1n) is 27.2. The average Bonchev–Trinajstić information content (AvgIpc) is 3.30. The lowest BCUT2D eigenvalue weighted by Gasteiger charge is -2.26. The van der Waals surface area contributed by atoms with Gasteiger partial charge in [-0.05, 0) is 89.9 Å². The number of aliphatic carboxylic acids is 1. The molecular weight excluding hydrogens is 851 g/mol. The Bertz CT molecular complexity index is 1390. The van der Waals surface area contributed by atoms with Crippen molar-refractivity contribution < 1.29 is 42.9 Å². The molecule has 9 nitrogen and oxygen atoms in total. The van der Waals surface area contributed by atoms with Crippen LogP contribution >= 0.6 is 0 Å². The van der Waals surface area contributed by atoms with Crippen molar-refractivity contribution in [3.8, 4) is 0 Å². The molecule has 68 heavy (non-hydrogen) atoms. The predicted octanol–water partition coefficient (Wildman–Crippen LogP) is 14.3. The van der Waals surface area contributed by atoms with Crippen molar-refractivity contribution in [3.05, 3.63) is 85.1 Å². The molecule has 0 N–H and O–H groups in total. The van der Waals surface area contributed by atoms with Gasteiger partial charge in [0.2, 0.25) is 0 Å². The summed E-state index contributed by atoms with van der Waals surface area (Å²) in [5.41, 5.74) is 0. The van der Waals surface area contributed by atoms with Crippen molar-refractivity contribution in [1.29, 1.82) is 0 Å². The molecule has 2 unspecified atom stereocenters. The van der Waals surface area contributed by atoms with Crippen molar-refractivity contribution in [2.24, 2.45) is 0 Å². The van der Waals surface area contributed by atoms with Crippen LogP contribution in [0.2, 0.25) is 0 Å². The molecule has 0 bridgehead atoms. The molecule has 0 radical (unpaired) electrons. The van der Waals surface area contributed by atoms with Crippen LogP contribution < -0.4 is 5.11 Å². The third-order valence-electron chi connectivity index (χ3n) is 11.4. The number of esters is 2. The second kappa shape index (κ2) is 49.9. The smallest absolute Gasteiger partial charge is 0.306 e. The normalized spacial score (nSPS) is 13.5. The first-order chi connectivity index (χ1) is 33.1. The summed E-state index contributed by atoms with van der Waals surface area (Å²) in [6, 6.07) is 0. The van der Waals surface area contributed by atoms with Crippen molar-refractivity contribution in [1.82, 2.24) is 0 Å². The lowest BCUT2D eigenvalue weighted by molar-refractivity contribution is -0.870. The zero-order valence-electron chi connectivity index (χ0n) is 44.2. The topological polar surface area (TPSA) is 111 Å². The fourth-order valence-electron chi connectivity index (χ4n) is 7.18. The molecule has 0 aliphatic heterocycles. The largest absolute Gasteiger partial charge is 0.545 e. The minimum atomic E-state index is -1.63. The number of carboxylic acid groups (broad SMARTS) is 1. The highest BCUT2D eigenvalue weighted by Crippen LogP contribution is 2.14. The monoisotopic (exact) mass is 952 g/mol. The van der Waals surface area contributed by atoms with Gasteiger partial charge in [-0.25, -0.2) is 0 Å². The van der Waals surface area contributed by atoms with Crippen LogP contribution in [0.15, 0.2) is 85.1 Å². The van der Waals surface area contributed by atoms with Gasteiger partial charge < -0.3 is 33.3 Å². The van der Waals surface area contributed by atoms with Gasteiger partial charge in [0, 0.05) is 12.8 Å². The SMILES string of the molecule is CC/C=C\C/C=C\C/C=C\C/C=C\C/C=C\CCCCCCCCCCCC(=O)OC(COC(=O)CCCCCCCCC/C=C\C/C=C\CCCCCC)COC(OCC[N+](C)(C)C)C(=O)[O-]. The highest BCUT2D eigenvalue weighted by atomic mass is 16.7. The zero-order chi connectivity index (χ0) is 49.9. The van der Waals surface area contributed by atoms with E-state index in [1.54, 1.807) is 0 Å². The maximum absolute atomic E-state index is 12.8. The Hall–Kier alpha value is -3.53. The first-order valence-corrected chi connectivity index (χ1v) is 27.2. The maximum Gasteiger partial charge on any atom is 0.306 e. The number of hydrogen-bond acceptors (Lipinski definition) is 8. The maximum atomic E-state index is 12.8. The fraction of sp³-hybridized carbons (Fsp3) is 0.712. The zero-order valence-corrected chi connectivity index (χ0v) is 44.2. The molecule has 0 aromatic rings. The number of carbonyl (C=O) groups is 3. The van der Waals surface area contributed by atoms with E-state index in [4.69, 9.17) is 18.9 Å². The van der Waals surface area contributed by atoms with Crippen LogP contribution in [0, 0.1) is 0 Å². The van der Waals surface area contributed by atoms with Crippen molar-refractivity contribution in [3.63, 3.8) is 0 Å². The van der Waals surface area contributed by atoms with E-state index < -0.39 is 24.3 Å². The number of rotatable bonds is 49. The van der Waals surface area contributed by atoms with Crippen LogP contribution in [0.4, 0.5) is 0 Å². The quantitative estimate of drug-likeness (QED) is 0.0195. The molecule has 0 heterocycles. The Labute approximate surface area is 417 Å². The highest BCUT2D eigenvalue weighted by molar-refractivity contribution is 5.70. The Morgan fingerprint density at radius 3 is 1.25 bits per heavy atom. The number of carboxylic acids is 1. The van der Waals surface area contributed by atoms with Crippen LogP contribution in [0.25, 0.3) is 0 Å². The highest BCUT2D eigenvalue weighted by Gasteiger charge is 2.22. The first kappa shape index (κ1) is 64.5. The molecule has 0 amide bonds. The van der Waals surface area contributed by atoms with E-state index in [1.807, 2.05) is 21.1 Å². The van der Waals surface area contributed by atoms with Crippen molar-refractivity contribution >= 4 is 17.9 Å². The lowest BCUT2D eigenvalue weighted by atomic mass is 10.1. The van der Waals surface area contributed by atoms with E-state index >= 15 is 0 Å². The summed E-state index contributed by atoms with van der Waals surface area (Å²) in [4.78, 5) is 37.2. The number of ether oxygens (including phenoxy) is 4.